The molecule has 100 valence electrons. The van der Waals surface area contributed by atoms with E-state index >= 15 is 0 Å². The van der Waals surface area contributed by atoms with Crippen molar-refractivity contribution in [2.75, 3.05) is 5.73 Å². The fraction of sp³-hybridized carbons (Fsp3) is 0.533. The Labute approximate surface area is 110 Å². The average Bonchev–Trinajstić information content (AvgIpc) is 2.12. The zero-order chi connectivity index (χ0) is 14.0. The molecule has 0 atom stereocenters. The van der Waals surface area contributed by atoms with Crippen LogP contribution in [-0.2, 0) is 0 Å². The number of hydrogen-bond acceptors (Lipinski definition) is 2. The fourth-order valence-electron chi connectivity index (χ4n) is 2.43. The molecule has 0 aliphatic heterocycles. The molecule has 3 N–H and O–H groups in total. The molecule has 0 saturated carbocycles. The Balaban J connectivity index is 2.75. The topological polar surface area (TPSA) is 55.1 Å². The van der Waals surface area contributed by atoms with Gasteiger partial charge in [-0.15, -0.1) is 0 Å². The third-order valence-electron chi connectivity index (χ3n) is 2.57. The number of carbonyl (C=O) groups excluding carboxylic acids is 1. The van der Waals surface area contributed by atoms with Crippen molar-refractivity contribution in [1.82, 2.24) is 5.32 Å². The van der Waals surface area contributed by atoms with E-state index in [1.807, 2.05) is 13.8 Å². The maximum absolute atomic E-state index is 12.1. The van der Waals surface area contributed by atoms with Crippen molar-refractivity contribution in [1.29, 1.82) is 0 Å². The number of anilines is 1. The van der Waals surface area contributed by atoms with E-state index < -0.39 is 0 Å². The zero-order valence-corrected chi connectivity index (χ0v) is 12.0. The number of carbonyl (C=O) groups is 1. The Kier molecular flexibility index (Phi) is 4.05. The highest BCUT2D eigenvalue weighted by Gasteiger charge is 2.27. The smallest absolute Gasteiger partial charge is 0.251 e. The standard InChI is InChI=1S/C15H24N2O/c1-14(2,3)10-15(4,5)17-13(18)11-7-6-8-12(16)9-11/h6-9H,10,16H2,1-5H3,(H,17,18). The van der Waals surface area contributed by atoms with E-state index in [1.165, 1.54) is 0 Å². The third-order valence-corrected chi connectivity index (χ3v) is 2.57. The van der Waals surface area contributed by atoms with E-state index in [0.717, 1.165) is 6.42 Å². The van der Waals surface area contributed by atoms with Crippen molar-refractivity contribution < 1.29 is 4.79 Å². The lowest BCUT2D eigenvalue weighted by molar-refractivity contribution is 0.0891. The molecular weight excluding hydrogens is 224 g/mol. The minimum absolute atomic E-state index is 0.0726. The Morgan fingerprint density at radius 2 is 1.83 bits per heavy atom. The number of benzene rings is 1. The van der Waals surface area contributed by atoms with Crippen LogP contribution < -0.4 is 11.1 Å². The van der Waals surface area contributed by atoms with Gasteiger partial charge in [0.15, 0.2) is 0 Å². The van der Waals surface area contributed by atoms with Gasteiger partial charge >= 0.3 is 0 Å². The molecule has 0 saturated heterocycles. The number of rotatable bonds is 3. The summed E-state index contributed by atoms with van der Waals surface area (Å²) in [5.74, 6) is -0.0726. The van der Waals surface area contributed by atoms with Gasteiger partial charge in [-0.05, 0) is 43.9 Å². The molecule has 0 bridgehead atoms. The minimum atomic E-state index is -0.236. The quantitative estimate of drug-likeness (QED) is 0.807. The highest BCUT2D eigenvalue weighted by Crippen LogP contribution is 2.27. The molecule has 18 heavy (non-hydrogen) atoms. The summed E-state index contributed by atoms with van der Waals surface area (Å²) >= 11 is 0. The molecule has 3 nitrogen and oxygen atoms in total. The molecule has 0 aliphatic rings. The summed E-state index contributed by atoms with van der Waals surface area (Å²) in [4.78, 5) is 12.1. The predicted octanol–water partition coefficient (Wildman–Crippen LogP) is 3.21. The number of amides is 1. The van der Waals surface area contributed by atoms with E-state index in [0.29, 0.717) is 11.3 Å². The lowest BCUT2D eigenvalue weighted by atomic mass is 9.81. The predicted molar refractivity (Wildman–Crippen MR) is 76.5 cm³/mol. The van der Waals surface area contributed by atoms with Crippen LogP contribution in [0.2, 0.25) is 0 Å². The van der Waals surface area contributed by atoms with Gasteiger partial charge in [-0.2, -0.15) is 0 Å². The van der Waals surface area contributed by atoms with E-state index in [1.54, 1.807) is 24.3 Å². The average molecular weight is 248 g/mol. The Morgan fingerprint density at radius 3 is 2.33 bits per heavy atom. The van der Waals surface area contributed by atoms with Gasteiger partial charge in [-0.3, -0.25) is 4.79 Å². The molecule has 1 amide bonds. The van der Waals surface area contributed by atoms with Crippen LogP contribution in [0.4, 0.5) is 5.69 Å². The molecule has 0 aliphatic carbocycles. The maximum Gasteiger partial charge on any atom is 0.251 e. The number of nitrogen functional groups attached to an aromatic ring is 1. The summed E-state index contributed by atoms with van der Waals surface area (Å²) in [6, 6.07) is 7.04. The van der Waals surface area contributed by atoms with Crippen LogP contribution in [0.15, 0.2) is 24.3 Å². The highest BCUT2D eigenvalue weighted by atomic mass is 16.1. The lowest BCUT2D eigenvalue weighted by Crippen LogP contribution is -2.45. The van der Waals surface area contributed by atoms with Crippen molar-refractivity contribution in [3.63, 3.8) is 0 Å². The maximum atomic E-state index is 12.1. The van der Waals surface area contributed by atoms with Gasteiger partial charge in [0.2, 0.25) is 0 Å². The van der Waals surface area contributed by atoms with Gasteiger partial charge in [0, 0.05) is 16.8 Å². The van der Waals surface area contributed by atoms with E-state index in [2.05, 4.69) is 26.1 Å². The van der Waals surface area contributed by atoms with Gasteiger partial charge in [-0.1, -0.05) is 26.8 Å². The summed E-state index contributed by atoms with van der Waals surface area (Å²) in [5, 5.41) is 3.06. The number of nitrogens with one attached hydrogen (secondary N) is 1. The second-order valence-corrected chi connectivity index (χ2v) is 6.70. The molecule has 0 unspecified atom stereocenters. The van der Waals surface area contributed by atoms with Gasteiger partial charge in [0.1, 0.15) is 0 Å². The monoisotopic (exact) mass is 248 g/mol. The molecule has 0 spiro atoms. The van der Waals surface area contributed by atoms with Crippen molar-refractivity contribution in [3.05, 3.63) is 29.8 Å². The second kappa shape index (κ2) is 5.01. The van der Waals surface area contributed by atoms with Gasteiger partial charge < -0.3 is 11.1 Å². The summed E-state index contributed by atoms with van der Waals surface area (Å²) in [6.07, 6.45) is 0.911. The van der Waals surface area contributed by atoms with E-state index in [9.17, 15) is 4.79 Å². The molecular formula is C15H24N2O. The SMILES string of the molecule is CC(C)(C)CC(C)(C)NC(=O)c1cccc(N)c1. The summed E-state index contributed by atoms with van der Waals surface area (Å²) in [5.41, 5.74) is 6.83. The van der Waals surface area contributed by atoms with Crippen LogP contribution in [0.1, 0.15) is 51.4 Å². The largest absolute Gasteiger partial charge is 0.399 e. The first-order chi connectivity index (χ1) is 8.09. The zero-order valence-electron chi connectivity index (χ0n) is 12.0. The first-order valence-corrected chi connectivity index (χ1v) is 6.27. The highest BCUT2D eigenvalue weighted by molar-refractivity contribution is 5.95. The van der Waals surface area contributed by atoms with Gasteiger partial charge in [0.05, 0.1) is 0 Å². The summed E-state index contributed by atoms with van der Waals surface area (Å²) < 4.78 is 0. The Hall–Kier alpha value is -1.51. The lowest BCUT2D eigenvalue weighted by Gasteiger charge is -2.33. The molecule has 0 aromatic heterocycles. The Morgan fingerprint density at radius 1 is 1.22 bits per heavy atom. The normalized spacial score (nSPS) is 12.3. The fourth-order valence-corrected chi connectivity index (χ4v) is 2.43. The molecule has 1 aromatic carbocycles. The van der Waals surface area contributed by atoms with Crippen LogP contribution in [0.3, 0.4) is 0 Å². The molecule has 0 radical (unpaired) electrons. The van der Waals surface area contributed by atoms with Gasteiger partial charge in [0.25, 0.3) is 5.91 Å². The summed E-state index contributed by atoms with van der Waals surface area (Å²) in [6.45, 7) is 10.6. The van der Waals surface area contributed by atoms with Crippen LogP contribution >= 0.6 is 0 Å². The number of hydrogen-bond donors (Lipinski definition) is 2. The molecule has 0 fully saturated rings. The molecule has 1 aromatic rings. The third kappa shape index (κ3) is 4.78. The van der Waals surface area contributed by atoms with Crippen LogP contribution in [0, 0.1) is 5.41 Å². The Bertz CT molecular complexity index is 430. The summed E-state index contributed by atoms with van der Waals surface area (Å²) in [7, 11) is 0. The molecule has 3 heteroatoms. The molecule has 0 heterocycles. The van der Waals surface area contributed by atoms with Crippen LogP contribution in [0.5, 0.6) is 0 Å². The van der Waals surface area contributed by atoms with Crippen molar-refractivity contribution >= 4 is 11.6 Å². The van der Waals surface area contributed by atoms with Crippen LogP contribution in [0.25, 0.3) is 0 Å². The van der Waals surface area contributed by atoms with E-state index in [4.69, 9.17) is 5.73 Å². The van der Waals surface area contributed by atoms with Crippen molar-refractivity contribution in [2.45, 2.75) is 46.6 Å². The first-order valence-electron chi connectivity index (χ1n) is 6.27. The number of nitrogens with two attached hydrogens (primary N) is 1. The van der Waals surface area contributed by atoms with Gasteiger partial charge in [-0.25, -0.2) is 0 Å². The first kappa shape index (κ1) is 14.6. The minimum Gasteiger partial charge on any atom is -0.399 e. The van der Waals surface area contributed by atoms with E-state index in [-0.39, 0.29) is 16.9 Å². The van der Waals surface area contributed by atoms with Crippen molar-refractivity contribution in [3.8, 4) is 0 Å². The molecule has 1 rings (SSSR count). The van der Waals surface area contributed by atoms with Crippen LogP contribution in [-0.4, -0.2) is 11.4 Å². The van der Waals surface area contributed by atoms with Crippen molar-refractivity contribution in [2.24, 2.45) is 5.41 Å². The second-order valence-electron chi connectivity index (χ2n) is 6.70.